The Labute approximate surface area is 145 Å². The Balaban J connectivity index is 1.52. The zero-order valence-electron chi connectivity index (χ0n) is 13.7. The number of nitrogens with one attached hydrogen (secondary N) is 1. The van der Waals surface area contributed by atoms with Crippen LogP contribution in [0, 0.1) is 0 Å². The predicted molar refractivity (Wildman–Crippen MR) is 97.0 cm³/mol. The zero-order valence-corrected chi connectivity index (χ0v) is 13.7. The summed E-state index contributed by atoms with van der Waals surface area (Å²) in [5.41, 5.74) is 2.84. The maximum atomic E-state index is 12.5. The minimum atomic E-state index is -0.244. The highest BCUT2D eigenvalue weighted by atomic mass is 16.5. The van der Waals surface area contributed by atoms with Crippen molar-refractivity contribution in [3.05, 3.63) is 60.6 Å². The molecule has 2 aromatic heterocycles. The van der Waals surface area contributed by atoms with Crippen molar-refractivity contribution in [1.82, 2.24) is 9.97 Å². The van der Waals surface area contributed by atoms with Gasteiger partial charge in [0.15, 0.2) is 0 Å². The highest BCUT2D eigenvalue weighted by Gasteiger charge is 2.14. The molecule has 0 atom stereocenters. The van der Waals surface area contributed by atoms with Gasteiger partial charge in [0, 0.05) is 24.7 Å². The van der Waals surface area contributed by atoms with Crippen LogP contribution in [-0.4, -0.2) is 42.2 Å². The van der Waals surface area contributed by atoms with E-state index in [1.807, 2.05) is 36.4 Å². The number of amides is 1. The molecule has 0 saturated carbocycles. The average molecular weight is 334 g/mol. The van der Waals surface area contributed by atoms with Crippen LogP contribution in [-0.2, 0) is 4.74 Å². The summed E-state index contributed by atoms with van der Waals surface area (Å²) in [6, 6.07) is 13.2. The van der Waals surface area contributed by atoms with Crippen LogP contribution in [0.4, 0.5) is 11.4 Å². The second-order valence-corrected chi connectivity index (χ2v) is 5.84. The van der Waals surface area contributed by atoms with Gasteiger partial charge in [-0.3, -0.25) is 9.78 Å². The zero-order chi connectivity index (χ0) is 17.1. The van der Waals surface area contributed by atoms with Crippen molar-refractivity contribution in [2.45, 2.75) is 0 Å². The van der Waals surface area contributed by atoms with Gasteiger partial charge in [-0.2, -0.15) is 0 Å². The number of carbonyl (C=O) groups is 1. The minimum Gasteiger partial charge on any atom is -0.378 e. The van der Waals surface area contributed by atoms with E-state index in [9.17, 15) is 4.79 Å². The molecule has 0 aliphatic carbocycles. The van der Waals surface area contributed by atoms with Gasteiger partial charge < -0.3 is 15.0 Å². The van der Waals surface area contributed by atoms with Gasteiger partial charge in [0.05, 0.1) is 36.3 Å². The van der Waals surface area contributed by atoms with E-state index in [-0.39, 0.29) is 5.91 Å². The number of pyridine rings is 2. The summed E-state index contributed by atoms with van der Waals surface area (Å²) in [5, 5.41) is 3.89. The van der Waals surface area contributed by atoms with Gasteiger partial charge in [-0.1, -0.05) is 18.2 Å². The van der Waals surface area contributed by atoms with Crippen molar-refractivity contribution in [2.75, 3.05) is 36.5 Å². The van der Waals surface area contributed by atoms with Gasteiger partial charge in [-0.05, 0) is 24.3 Å². The van der Waals surface area contributed by atoms with Gasteiger partial charge >= 0.3 is 0 Å². The molecule has 1 aliphatic heterocycles. The molecule has 3 aromatic rings. The Hall–Kier alpha value is -2.99. The number of aromatic nitrogens is 2. The highest BCUT2D eigenvalue weighted by molar-refractivity contribution is 6.07. The topological polar surface area (TPSA) is 67.4 Å². The van der Waals surface area contributed by atoms with E-state index in [0.29, 0.717) is 11.4 Å². The Bertz CT molecular complexity index is 884. The summed E-state index contributed by atoms with van der Waals surface area (Å²) >= 11 is 0. The number of carbonyl (C=O) groups excluding carboxylic acids is 1. The van der Waals surface area contributed by atoms with Gasteiger partial charge in [0.1, 0.15) is 5.69 Å². The normalized spacial score (nSPS) is 14.5. The second-order valence-electron chi connectivity index (χ2n) is 5.84. The third kappa shape index (κ3) is 3.29. The predicted octanol–water partition coefficient (Wildman–Crippen LogP) is 2.72. The summed E-state index contributed by atoms with van der Waals surface area (Å²) < 4.78 is 5.35. The molecule has 126 valence electrons. The first-order valence-corrected chi connectivity index (χ1v) is 8.25. The minimum absolute atomic E-state index is 0.244. The van der Waals surface area contributed by atoms with Crippen LogP contribution in [0.15, 0.2) is 54.9 Å². The van der Waals surface area contributed by atoms with Gasteiger partial charge in [0.2, 0.25) is 0 Å². The molecule has 1 amide bonds. The summed E-state index contributed by atoms with van der Waals surface area (Å²) in [4.78, 5) is 23.4. The lowest BCUT2D eigenvalue weighted by Gasteiger charge is -2.28. The average Bonchev–Trinajstić information content (AvgIpc) is 2.69. The number of benzene rings is 1. The number of fused-ring (bicyclic) bond motifs is 1. The third-order valence-electron chi connectivity index (χ3n) is 4.24. The van der Waals surface area contributed by atoms with Gasteiger partial charge in [-0.15, -0.1) is 0 Å². The first-order valence-electron chi connectivity index (χ1n) is 8.25. The molecule has 1 N–H and O–H groups in total. The van der Waals surface area contributed by atoms with E-state index in [1.54, 1.807) is 18.5 Å². The standard InChI is InChI=1S/C19H18N4O2/c24-19(22-16-5-1-3-14-4-2-8-20-18(14)16)17-7-6-15(13-21-17)23-9-11-25-12-10-23/h1-8,13H,9-12H2,(H,22,24). The van der Waals surface area contributed by atoms with Gasteiger partial charge in [-0.25, -0.2) is 4.98 Å². The molecule has 0 bridgehead atoms. The number of anilines is 2. The van der Waals surface area contributed by atoms with Crippen molar-refractivity contribution in [2.24, 2.45) is 0 Å². The largest absolute Gasteiger partial charge is 0.378 e. The van der Waals surface area contributed by atoms with Crippen molar-refractivity contribution in [1.29, 1.82) is 0 Å². The first kappa shape index (κ1) is 15.5. The Kier molecular flexibility index (Phi) is 4.26. The number of nitrogens with zero attached hydrogens (tertiary/aromatic N) is 3. The number of ether oxygens (including phenoxy) is 1. The third-order valence-corrected chi connectivity index (χ3v) is 4.24. The lowest BCUT2D eigenvalue weighted by atomic mass is 10.2. The van der Waals surface area contributed by atoms with E-state index in [2.05, 4.69) is 20.2 Å². The Morgan fingerprint density at radius 2 is 1.88 bits per heavy atom. The van der Waals surface area contributed by atoms with Crippen LogP contribution in [0.5, 0.6) is 0 Å². The summed E-state index contributed by atoms with van der Waals surface area (Å²) in [6.45, 7) is 3.12. The maximum Gasteiger partial charge on any atom is 0.274 e. The first-order chi connectivity index (χ1) is 12.3. The fraction of sp³-hybridized carbons (Fsp3) is 0.211. The van der Waals surface area contributed by atoms with E-state index >= 15 is 0 Å². The SMILES string of the molecule is O=C(Nc1cccc2cccnc12)c1ccc(N2CCOCC2)cn1. The number of rotatable bonds is 3. The lowest BCUT2D eigenvalue weighted by Crippen LogP contribution is -2.36. The smallest absolute Gasteiger partial charge is 0.274 e. The van der Waals surface area contributed by atoms with Crippen LogP contribution in [0.2, 0.25) is 0 Å². The molecular weight excluding hydrogens is 316 g/mol. The van der Waals surface area contributed by atoms with Crippen molar-refractivity contribution >= 4 is 28.2 Å². The molecule has 25 heavy (non-hydrogen) atoms. The van der Waals surface area contributed by atoms with Crippen LogP contribution >= 0.6 is 0 Å². The molecule has 0 radical (unpaired) electrons. The fourth-order valence-electron chi connectivity index (χ4n) is 2.92. The molecule has 4 rings (SSSR count). The van der Waals surface area contributed by atoms with Crippen LogP contribution in [0.25, 0.3) is 10.9 Å². The van der Waals surface area contributed by atoms with E-state index in [0.717, 1.165) is 42.9 Å². The van der Waals surface area contributed by atoms with Crippen LogP contribution in [0.3, 0.4) is 0 Å². The van der Waals surface area contributed by atoms with E-state index < -0.39 is 0 Å². The highest BCUT2D eigenvalue weighted by Crippen LogP contribution is 2.21. The van der Waals surface area contributed by atoms with Gasteiger partial charge in [0.25, 0.3) is 5.91 Å². The van der Waals surface area contributed by atoms with Crippen molar-refractivity contribution in [3.8, 4) is 0 Å². The molecule has 6 nitrogen and oxygen atoms in total. The molecule has 1 saturated heterocycles. The molecule has 0 unspecified atom stereocenters. The number of para-hydroxylation sites is 1. The second kappa shape index (κ2) is 6.86. The molecular formula is C19H18N4O2. The molecule has 1 aliphatic rings. The summed E-state index contributed by atoms with van der Waals surface area (Å²) in [7, 11) is 0. The lowest BCUT2D eigenvalue weighted by molar-refractivity contribution is 0.102. The molecule has 3 heterocycles. The molecule has 6 heteroatoms. The number of hydrogen-bond donors (Lipinski definition) is 1. The van der Waals surface area contributed by atoms with Crippen molar-refractivity contribution < 1.29 is 9.53 Å². The molecule has 1 aromatic carbocycles. The van der Waals surface area contributed by atoms with Crippen molar-refractivity contribution in [3.63, 3.8) is 0 Å². The van der Waals surface area contributed by atoms with Crippen LogP contribution in [0.1, 0.15) is 10.5 Å². The molecule has 0 spiro atoms. The Morgan fingerprint density at radius 3 is 2.68 bits per heavy atom. The van der Waals surface area contributed by atoms with Crippen LogP contribution < -0.4 is 10.2 Å². The number of hydrogen-bond acceptors (Lipinski definition) is 5. The van der Waals surface area contributed by atoms with E-state index in [1.165, 1.54) is 0 Å². The monoisotopic (exact) mass is 334 g/mol. The Morgan fingerprint density at radius 1 is 1.04 bits per heavy atom. The quantitative estimate of drug-likeness (QED) is 0.798. The maximum absolute atomic E-state index is 12.5. The number of morpholine rings is 1. The van der Waals surface area contributed by atoms with E-state index in [4.69, 9.17) is 4.74 Å². The summed E-state index contributed by atoms with van der Waals surface area (Å²) in [6.07, 6.45) is 3.45. The summed E-state index contributed by atoms with van der Waals surface area (Å²) in [5.74, 6) is -0.244. The molecule has 1 fully saturated rings. The fourth-order valence-corrected chi connectivity index (χ4v) is 2.92.